The van der Waals surface area contributed by atoms with E-state index < -0.39 is 20.2 Å². The Hall–Kier alpha value is -2.84. The largest absolute Gasteiger partial charge is 0.383 e. The van der Waals surface area contributed by atoms with Crippen molar-refractivity contribution in [2.24, 2.45) is 0 Å². The third-order valence-electron chi connectivity index (χ3n) is 3.75. The summed E-state index contributed by atoms with van der Waals surface area (Å²) >= 11 is 0. The molecule has 0 saturated carbocycles. The Balaban J connectivity index is 1.93. The molecule has 0 saturated heterocycles. The molecule has 0 spiro atoms. The molecule has 0 unspecified atom stereocenters. The third kappa shape index (κ3) is 5.34. The van der Waals surface area contributed by atoms with E-state index in [1.165, 1.54) is 0 Å². The summed E-state index contributed by atoms with van der Waals surface area (Å²) in [5, 5.41) is 0. The van der Waals surface area contributed by atoms with Crippen LogP contribution in [0.5, 0.6) is 11.5 Å². The zero-order valence-corrected chi connectivity index (χ0v) is 16.8. The first-order valence-corrected chi connectivity index (χ1v) is 11.8. The first-order chi connectivity index (χ1) is 13.1. The van der Waals surface area contributed by atoms with E-state index in [2.05, 4.69) is 0 Å². The van der Waals surface area contributed by atoms with Crippen molar-refractivity contribution in [2.75, 3.05) is 12.5 Å². The lowest BCUT2D eigenvalue weighted by molar-refractivity contribution is 0.491. The number of rotatable bonds is 6. The van der Waals surface area contributed by atoms with Crippen LogP contribution in [0.25, 0.3) is 22.3 Å². The van der Waals surface area contributed by atoms with E-state index >= 15 is 0 Å². The van der Waals surface area contributed by atoms with Gasteiger partial charge in [-0.1, -0.05) is 48.5 Å². The smallest absolute Gasteiger partial charge is 0.306 e. The zero-order chi connectivity index (χ0) is 20.4. The highest BCUT2D eigenvalue weighted by Crippen LogP contribution is 2.33. The Morgan fingerprint density at radius 1 is 0.536 bits per heavy atom. The molecule has 0 aliphatic heterocycles. The van der Waals surface area contributed by atoms with Crippen molar-refractivity contribution in [1.82, 2.24) is 0 Å². The molecule has 0 aliphatic rings. The molecule has 0 amide bonds. The zero-order valence-electron chi connectivity index (χ0n) is 15.2. The number of hydrogen-bond donors (Lipinski definition) is 0. The van der Waals surface area contributed by atoms with Crippen molar-refractivity contribution in [3.63, 3.8) is 0 Å². The van der Waals surface area contributed by atoms with E-state index in [0.717, 1.165) is 34.8 Å². The molecule has 0 fully saturated rings. The molecule has 0 radical (unpaired) electrons. The average Bonchev–Trinajstić information content (AvgIpc) is 2.60. The van der Waals surface area contributed by atoms with E-state index in [-0.39, 0.29) is 11.5 Å². The van der Waals surface area contributed by atoms with Crippen molar-refractivity contribution in [2.45, 2.75) is 0 Å². The van der Waals surface area contributed by atoms with Crippen molar-refractivity contribution in [1.29, 1.82) is 0 Å². The van der Waals surface area contributed by atoms with Crippen LogP contribution in [0.15, 0.2) is 72.8 Å². The van der Waals surface area contributed by atoms with Gasteiger partial charge in [-0.15, -0.1) is 0 Å². The van der Waals surface area contributed by atoms with E-state index in [9.17, 15) is 16.8 Å². The second-order valence-corrected chi connectivity index (χ2v) is 9.32. The van der Waals surface area contributed by atoms with Crippen LogP contribution < -0.4 is 8.37 Å². The minimum Gasteiger partial charge on any atom is -0.383 e. The Bertz CT molecular complexity index is 1080. The van der Waals surface area contributed by atoms with Gasteiger partial charge >= 0.3 is 20.2 Å². The molecule has 0 heterocycles. The van der Waals surface area contributed by atoms with Crippen LogP contribution in [-0.4, -0.2) is 29.3 Å². The van der Waals surface area contributed by atoms with E-state index in [1.807, 2.05) is 24.3 Å². The lowest BCUT2D eigenvalue weighted by Crippen LogP contribution is -2.05. The van der Waals surface area contributed by atoms with Gasteiger partial charge in [0, 0.05) is 0 Å². The highest BCUT2D eigenvalue weighted by Gasteiger charge is 2.10. The van der Waals surface area contributed by atoms with Crippen LogP contribution in [0.2, 0.25) is 0 Å². The second kappa shape index (κ2) is 7.65. The van der Waals surface area contributed by atoms with Crippen molar-refractivity contribution in [3.05, 3.63) is 72.8 Å². The maximum absolute atomic E-state index is 11.2. The number of benzene rings is 3. The summed E-state index contributed by atoms with van der Waals surface area (Å²) in [6.45, 7) is 0. The third-order valence-corrected chi connectivity index (χ3v) is 4.74. The van der Waals surface area contributed by atoms with Crippen LogP contribution in [0.1, 0.15) is 0 Å². The predicted molar refractivity (Wildman–Crippen MR) is 108 cm³/mol. The predicted octanol–water partition coefficient (Wildman–Crippen LogP) is 3.70. The monoisotopic (exact) mass is 418 g/mol. The lowest BCUT2D eigenvalue weighted by atomic mass is 9.94. The lowest BCUT2D eigenvalue weighted by Gasteiger charge is -2.11. The maximum atomic E-state index is 11.2. The van der Waals surface area contributed by atoms with E-state index in [4.69, 9.17) is 8.37 Å². The molecule has 0 atom stereocenters. The quantitative estimate of drug-likeness (QED) is 0.568. The van der Waals surface area contributed by atoms with Crippen molar-refractivity contribution in [3.8, 4) is 33.8 Å². The van der Waals surface area contributed by atoms with Gasteiger partial charge in [0.25, 0.3) is 0 Å². The molecular weight excluding hydrogens is 400 g/mol. The van der Waals surface area contributed by atoms with Gasteiger partial charge < -0.3 is 8.37 Å². The van der Waals surface area contributed by atoms with Gasteiger partial charge in [-0.3, -0.25) is 0 Å². The normalized spacial score (nSPS) is 11.8. The fraction of sp³-hybridized carbons (Fsp3) is 0.100. The summed E-state index contributed by atoms with van der Waals surface area (Å²) in [5.41, 5.74) is 3.64. The molecule has 6 nitrogen and oxygen atoms in total. The van der Waals surface area contributed by atoms with Gasteiger partial charge in [0.15, 0.2) is 0 Å². The Morgan fingerprint density at radius 2 is 0.857 bits per heavy atom. The highest BCUT2D eigenvalue weighted by atomic mass is 32.2. The first-order valence-electron chi connectivity index (χ1n) is 8.19. The van der Waals surface area contributed by atoms with Gasteiger partial charge in [0.1, 0.15) is 11.5 Å². The molecule has 3 rings (SSSR count). The van der Waals surface area contributed by atoms with Gasteiger partial charge in [-0.25, -0.2) is 0 Å². The second-order valence-electron chi connectivity index (χ2n) is 6.17. The fourth-order valence-electron chi connectivity index (χ4n) is 2.72. The van der Waals surface area contributed by atoms with Crippen LogP contribution in [-0.2, 0) is 20.2 Å². The van der Waals surface area contributed by atoms with Crippen molar-refractivity contribution >= 4 is 20.2 Å². The highest BCUT2D eigenvalue weighted by molar-refractivity contribution is 7.86. The molecule has 0 N–H and O–H groups in total. The van der Waals surface area contributed by atoms with Crippen LogP contribution in [0.3, 0.4) is 0 Å². The maximum Gasteiger partial charge on any atom is 0.306 e. The van der Waals surface area contributed by atoms with E-state index in [0.29, 0.717) is 0 Å². The fourth-order valence-corrected chi connectivity index (χ4v) is 3.64. The van der Waals surface area contributed by atoms with Gasteiger partial charge in [-0.2, -0.15) is 16.8 Å². The molecule has 3 aromatic carbocycles. The summed E-state index contributed by atoms with van der Waals surface area (Å²) in [5.74, 6) is 0.483. The summed E-state index contributed by atoms with van der Waals surface area (Å²) in [6, 6.07) is 21.2. The molecule has 3 aromatic rings. The standard InChI is InChI=1S/C20H18O6S2/c1-27(21,22)25-17-11-7-15(8-12-17)19-5-3-4-6-20(19)16-9-13-18(14-10-16)26-28(2,23)24/h3-14H,1-2H3. The van der Waals surface area contributed by atoms with Gasteiger partial charge in [0.05, 0.1) is 12.5 Å². The molecule has 146 valence electrons. The molecular formula is C20H18O6S2. The molecule has 0 aromatic heterocycles. The molecule has 28 heavy (non-hydrogen) atoms. The number of hydrogen-bond acceptors (Lipinski definition) is 6. The van der Waals surface area contributed by atoms with E-state index in [1.54, 1.807) is 48.5 Å². The van der Waals surface area contributed by atoms with Crippen LogP contribution in [0, 0.1) is 0 Å². The minimum absolute atomic E-state index is 0.242. The van der Waals surface area contributed by atoms with Gasteiger partial charge in [-0.05, 0) is 46.5 Å². The molecule has 0 bridgehead atoms. The molecule has 0 aliphatic carbocycles. The summed E-state index contributed by atoms with van der Waals surface area (Å²) in [4.78, 5) is 0. The summed E-state index contributed by atoms with van der Waals surface area (Å²) < 4.78 is 54.7. The van der Waals surface area contributed by atoms with Gasteiger partial charge in [0.2, 0.25) is 0 Å². The van der Waals surface area contributed by atoms with Crippen molar-refractivity contribution < 1.29 is 25.2 Å². The van der Waals surface area contributed by atoms with Crippen LogP contribution >= 0.6 is 0 Å². The Morgan fingerprint density at radius 3 is 1.14 bits per heavy atom. The summed E-state index contributed by atoms with van der Waals surface area (Å²) in [6.07, 6.45) is 1.99. The Labute approximate surface area is 164 Å². The summed E-state index contributed by atoms with van der Waals surface area (Å²) in [7, 11) is -7.16. The molecule has 8 heteroatoms. The topological polar surface area (TPSA) is 86.7 Å². The first kappa shape index (κ1) is 19.9. The SMILES string of the molecule is CS(=O)(=O)Oc1ccc(-c2ccccc2-c2ccc(OS(C)(=O)=O)cc2)cc1. The Kier molecular flexibility index (Phi) is 5.44. The van der Waals surface area contributed by atoms with Crippen LogP contribution in [0.4, 0.5) is 0 Å². The minimum atomic E-state index is -3.58. The average molecular weight is 418 g/mol.